The lowest BCUT2D eigenvalue weighted by molar-refractivity contribution is -0.116. The minimum Gasteiger partial charge on any atom is -0.357 e. The van der Waals surface area contributed by atoms with Gasteiger partial charge in [0.05, 0.1) is 6.54 Å². The number of pyridine rings is 1. The number of rotatable bonds is 7. The van der Waals surface area contributed by atoms with Crippen LogP contribution in [0.4, 0.5) is 5.69 Å². The number of aliphatic imine (C=N–C) groups is 1. The van der Waals surface area contributed by atoms with E-state index in [2.05, 4.69) is 32.2 Å². The van der Waals surface area contributed by atoms with Gasteiger partial charge in [0.15, 0.2) is 11.6 Å². The Labute approximate surface area is 199 Å². The predicted octanol–water partition coefficient (Wildman–Crippen LogP) is 2.96. The number of hydrogen-bond donors (Lipinski definition) is 3. The fourth-order valence-corrected chi connectivity index (χ4v) is 3.72. The number of hydrogen-bond acceptors (Lipinski definition) is 4. The van der Waals surface area contributed by atoms with E-state index < -0.39 is 0 Å². The summed E-state index contributed by atoms with van der Waals surface area (Å²) in [5.74, 6) is 1.87. The van der Waals surface area contributed by atoms with Crippen LogP contribution in [0.5, 0.6) is 0 Å². The van der Waals surface area contributed by atoms with Gasteiger partial charge in [0.2, 0.25) is 5.91 Å². The van der Waals surface area contributed by atoms with Gasteiger partial charge >= 0.3 is 0 Å². The number of fused-ring (bicyclic) bond motifs is 2. The van der Waals surface area contributed by atoms with Gasteiger partial charge in [0, 0.05) is 43.7 Å². The largest absolute Gasteiger partial charge is 0.357 e. The molecule has 1 unspecified atom stereocenters. The summed E-state index contributed by atoms with van der Waals surface area (Å²) in [6.45, 7) is 4.16. The third kappa shape index (κ3) is 5.72. The summed E-state index contributed by atoms with van der Waals surface area (Å²) in [5.41, 5.74) is 2.91. The fraction of sp³-hybridized carbons (Fsp3) is 0.364. The summed E-state index contributed by atoms with van der Waals surface area (Å²) in [4.78, 5) is 16.8. The molecule has 0 radical (unpaired) electrons. The molecule has 0 aliphatic carbocycles. The van der Waals surface area contributed by atoms with Crippen molar-refractivity contribution in [1.29, 1.82) is 0 Å². The maximum atomic E-state index is 12.0. The Bertz CT molecular complexity index is 1050. The molecular weight excluding hydrogens is 505 g/mol. The average molecular weight is 533 g/mol. The molecule has 1 amide bonds. The van der Waals surface area contributed by atoms with Crippen molar-refractivity contribution in [2.24, 2.45) is 4.99 Å². The number of halogens is 1. The van der Waals surface area contributed by atoms with Crippen LogP contribution in [0.2, 0.25) is 0 Å². The topological polar surface area (TPSA) is 95.7 Å². The van der Waals surface area contributed by atoms with E-state index in [9.17, 15) is 4.79 Å². The number of carbonyl (C=O) groups is 1. The third-order valence-electron chi connectivity index (χ3n) is 5.17. The summed E-state index contributed by atoms with van der Waals surface area (Å²) in [7, 11) is 0. The molecule has 1 aliphatic rings. The van der Waals surface area contributed by atoms with Crippen molar-refractivity contribution < 1.29 is 4.79 Å². The second kappa shape index (κ2) is 11.1. The quantitative estimate of drug-likeness (QED) is 0.188. The number of guanidine groups is 1. The fourth-order valence-electron chi connectivity index (χ4n) is 3.72. The molecule has 1 atom stereocenters. The van der Waals surface area contributed by atoms with E-state index in [0.717, 1.165) is 54.6 Å². The maximum absolute atomic E-state index is 12.0. The normalized spacial score (nSPS) is 15.7. The maximum Gasteiger partial charge on any atom is 0.225 e. The second-order valence-corrected chi connectivity index (χ2v) is 7.33. The molecule has 0 saturated heterocycles. The highest BCUT2D eigenvalue weighted by molar-refractivity contribution is 14.0. The minimum absolute atomic E-state index is 0. The number of nitrogens with zero attached hydrogens (tertiary/aromatic N) is 4. The predicted molar refractivity (Wildman–Crippen MR) is 133 cm³/mol. The summed E-state index contributed by atoms with van der Waals surface area (Å²) in [6.07, 6.45) is 4.18. The van der Waals surface area contributed by atoms with Gasteiger partial charge in [0.1, 0.15) is 5.82 Å². The molecule has 0 saturated carbocycles. The molecule has 2 aromatic heterocycles. The molecule has 1 aromatic carbocycles. The Kier molecular flexibility index (Phi) is 8.21. The van der Waals surface area contributed by atoms with Gasteiger partial charge in [-0.2, -0.15) is 0 Å². The highest BCUT2D eigenvalue weighted by Gasteiger charge is 2.24. The Hall–Kier alpha value is -2.69. The number of aryl methyl sites for hydroxylation is 1. The van der Waals surface area contributed by atoms with Crippen molar-refractivity contribution in [2.75, 3.05) is 25.0 Å². The summed E-state index contributed by atoms with van der Waals surface area (Å²) >= 11 is 0. The van der Waals surface area contributed by atoms with Crippen LogP contribution in [0.1, 0.15) is 37.1 Å². The lowest BCUT2D eigenvalue weighted by atomic mass is 9.91. The van der Waals surface area contributed by atoms with Crippen molar-refractivity contribution in [3.05, 3.63) is 60.0 Å². The number of para-hydroxylation sites is 1. The number of aromatic nitrogens is 3. The zero-order valence-corrected chi connectivity index (χ0v) is 19.9. The van der Waals surface area contributed by atoms with Gasteiger partial charge in [-0.05, 0) is 37.1 Å². The van der Waals surface area contributed by atoms with E-state index in [1.165, 1.54) is 0 Å². The Morgan fingerprint density at radius 1 is 1.19 bits per heavy atom. The number of carbonyl (C=O) groups excluding carboxylic acids is 1. The van der Waals surface area contributed by atoms with Gasteiger partial charge < -0.3 is 16.0 Å². The molecule has 3 aromatic rings. The molecule has 1 aliphatic heterocycles. The van der Waals surface area contributed by atoms with Gasteiger partial charge in [-0.15, -0.1) is 34.2 Å². The van der Waals surface area contributed by atoms with E-state index in [1.54, 1.807) is 0 Å². The molecule has 9 heteroatoms. The molecule has 0 spiro atoms. The molecule has 0 fully saturated rings. The molecule has 3 heterocycles. The van der Waals surface area contributed by atoms with E-state index in [0.29, 0.717) is 13.0 Å². The minimum atomic E-state index is 0. The van der Waals surface area contributed by atoms with Crippen LogP contribution in [0.25, 0.3) is 5.65 Å². The molecule has 31 heavy (non-hydrogen) atoms. The molecular formula is C22H28IN7O. The standard InChI is InChI=1S/C22H27N7O.HI/c1-2-23-22(24-12-7-11-20-28-27-19-10-5-6-13-29(19)20)25-15-16-14-21(30)26-18-9-4-3-8-17(16)18;/h3-6,8-10,13,16H,2,7,11-12,14-15H2,1H3,(H,26,30)(H2,23,24,25);1H. The van der Waals surface area contributed by atoms with Crippen molar-refractivity contribution >= 4 is 47.2 Å². The third-order valence-corrected chi connectivity index (χ3v) is 5.17. The van der Waals surface area contributed by atoms with Crippen molar-refractivity contribution in [3.8, 4) is 0 Å². The molecule has 3 N–H and O–H groups in total. The highest BCUT2D eigenvalue weighted by atomic mass is 127. The molecule has 164 valence electrons. The first kappa shape index (κ1) is 23.0. The summed E-state index contributed by atoms with van der Waals surface area (Å²) in [5, 5.41) is 18.1. The zero-order valence-electron chi connectivity index (χ0n) is 17.5. The molecule has 4 rings (SSSR count). The van der Waals surface area contributed by atoms with E-state index in [1.807, 2.05) is 53.9 Å². The molecule has 8 nitrogen and oxygen atoms in total. The van der Waals surface area contributed by atoms with Crippen LogP contribution in [-0.4, -0.2) is 46.1 Å². The van der Waals surface area contributed by atoms with Crippen molar-refractivity contribution in [2.45, 2.75) is 32.1 Å². The highest BCUT2D eigenvalue weighted by Crippen LogP contribution is 2.31. The molecule has 0 bridgehead atoms. The average Bonchev–Trinajstić information content (AvgIpc) is 3.17. The Balaban J connectivity index is 0.00000272. The number of benzene rings is 1. The van der Waals surface area contributed by atoms with Crippen molar-refractivity contribution in [3.63, 3.8) is 0 Å². The SMILES string of the molecule is CCNC(=NCC1CC(=O)Nc2ccccc21)NCCCc1nnc2ccccn12.I. The van der Waals surface area contributed by atoms with Crippen LogP contribution in [0, 0.1) is 0 Å². The van der Waals surface area contributed by atoms with Crippen LogP contribution in [-0.2, 0) is 11.2 Å². The van der Waals surface area contributed by atoms with Crippen molar-refractivity contribution in [1.82, 2.24) is 25.2 Å². The Morgan fingerprint density at radius 2 is 2.03 bits per heavy atom. The lowest BCUT2D eigenvalue weighted by Gasteiger charge is -2.24. The van der Waals surface area contributed by atoms with Gasteiger partial charge in [-0.1, -0.05) is 24.3 Å². The number of nitrogens with one attached hydrogen (secondary N) is 3. The first-order chi connectivity index (χ1) is 14.7. The Morgan fingerprint density at radius 3 is 2.90 bits per heavy atom. The number of anilines is 1. The van der Waals surface area contributed by atoms with Crippen LogP contribution >= 0.6 is 24.0 Å². The van der Waals surface area contributed by atoms with E-state index in [-0.39, 0.29) is 35.8 Å². The van der Waals surface area contributed by atoms with E-state index >= 15 is 0 Å². The second-order valence-electron chi connectivity index (χ2n) is 7.33. The van der Waals surface area contributed by atoms with Gasteiger partial charge in [-0.3, -0.25) is 14.2 Å². The van der Waals surface area contributed by atoms with E-state index in [4.69, 9.17) is 4.99 Å². The summed E-state index contributed by atoms with van der Waals surface area (Å²) < 4.78 is 2.02. The number of amides is 1. The first-order valence-corrected chi connectivity index (χ1v) is 10.4. The zero-order chi connectivity index (χ0) is 20.8. The summed E-state index contributed by atoms with van der Waals surface area (Å²) in [6, 6.07) is 13.9. The van der Waals surface area contributed by atoms with Gasteiger partial charge in [-0.25, -0.2) is 0 Å². The first-order valence-electron chi connectivity index (χ1n) is 10.4. The van der Waals surface area contributed by atoms with Crippen LogP contribution in [0.15, 0.2) is 53.7 Å². The monoisotopic (exact) mass is 533 g/mol. The smallest absolute Gasteiger partial charge is 0.225 e. The lowest BCUT2D eigenvalue weighted by Crippen LogP contribution is -2.38. The van der Waals surface area contributed by atoms with Crippen LogP contribution in [0.3, 0.4) is 0 Å². The van der Waals surface area contributed by atoms with Crippen LogP contribution < -0.4 is 16.0 Å². The van der Waals surface area contributed by atoms with Gasteiger partial charge in [0.25, 0.3) is 0 Å².